The molecule has 0 saturated heterocycles. The molecule has 1 aliphatic carbocycles. The van der Waals surface area contributed by atoms with Crippen molar-refractivity contribution in [1.82, 2.24) is 4.31 Å². The summed E-state index contributed by atoms with van der Waals surface area (Å²) in [4.78, 5) is 3.69. The van der Waals surface area contributed by atoms with E-state index in [1.165, 1.54) is 5.56 Å². The largest absolute Gasteiger partial charge is 0.415 e. The van der Waals surface area contributed by atoms with Gasteiger partial charge in [0.2, 0.25) is 0 Å². The lowest BCUT2D eigenvalue weighted by atomic mass is 10.1. The average Bonchev–Trinajstić information content (AvgIpc) is 3.00. The van der Waals surface area contributed by atoms with Gasteiger partial charge >= 0.3 is 0 Å². The maximum absolute atomic E-state index is 13.4. The van der Waals surface area contributed by atoms with Crippen LogP contribution in [-0.4, -0.2) is 34.7 Å². The van der Waals surface area contributed by atoms with Crippen LogP contribution in [0.1, 0.15) is 65.1 Å². The predicted molar refractivity (Wildman–Crippen MR) is 132 cm³/mol. The Hall–Kier alpha value is -0.653. The van der Waals surface area contributed by atoms with Crippen LogP contribution in [0.3, 0.4) is 0 Å². The summed E-state index contributed by atoms with van der Waals surface area (Å²) in [7, 11) is -2.98. The molecule has 0 fully saturated rings. The molecule has 7 heteroatoms. The van der Waals surface area contributed by atoms with Gasteiger partial charge in [0.1, 0.15) is 11.0 Å². The second kappa shape index (κ2) is 9.65. The van der Waals surface area contributed by atoms with Crippen molar-refractivity contribution in [3.8, 4) is 0 Å². The van der Waals surface area contributed by atoms with Crippen LogP contribution in [-0.2, 0) is 21.8 Å². The highest BCUT2D eigenvalue weighted by Gasteiger charge is 2.39. The number of benzene rings is 1. The second-order valence-corrected chi connectivity index (χ2v) is 17.1. The SMILES string of the molecule is S.[C-]#[N+]c1cccc2c1CC[C@@H]2N(CCO[Si](C)(C)C(C)(C)C)[S@](=O)C(C)(C)C. The molecule has 0 unspecified atom stereocenters. The van der Waals surface area contributed by atoms with Gasteiger partial charge in [0.15, 0.2) is 14.0 Å². The van der Waals surface area contributed by atoms with E-state index in [1.807, 2.05) is 32.9 Å². The predicted octanol–water partition coefficient (Wildman–Crippen LogP) is 6.12. The van der Waals surface area contributed by atoms with E-state index in [0.717, 1.165) is 24.1 Å². The first-order chi connectivity index (χ1) is 12.8. The monoisotopic (exact) mass is 454 g/mol. The van der Waals surface area contributed by atoms with Gasteiger partial charge in [-0.1, -0.05) is 39.0 Å². The molecule has 1 aromatic carbocycles. The Balaban J connectivity index is 0.00000420. The summed E-state index contributed by atoms with van der Waals surface area (Å²) in [6.45, 7) is 26.0. The molecule has 4 nitrogen and oxygen atoms in total. The van der Waals surface area contributed by atoms with Gasteiger partial charge in [-0.2, -0.15) is 13.5 Å². The number of hydrogen-bond acceptors (Lipinski definition) is 2. The zero-order valence-corrected chi connectivity index (χ0v) is 22.1. The molecular weight excluding hydrogens is 416 g/mol. The van der Waals surface area contributed by atoms with Gasteiger partial charge in [0.25, 0.3) is 0 Å². The molecule has 0 saturated carbocycles. The molecule has 0 heterocycles. The van der Waals surface area contributed by atoms with Gasteiger partial charge in [-0.3, -0.25) is 0 Å². The minimum atomic E-state index is -1.84. The number of fused-ring (bicyclic) bond motifs is 1. The van der Waals surface area contributed by atoms with E-state index >= 15 is 0 Å². The molecule has 2 atom stereocenters. The topological polar surface area (TPSA) is 33.9 Å². The Morgan fingerprint density at radius 1 is 1.24 bits per heavy atom. The highest BCUT2D eigenvalue weighted by atomic mass is 32.2. The molecular formula is C22H38N2O2S2Si. The van der Waals surface area contributed by atoms with E-state index < -0.39 is 19.3 Å². The van der Waals surface area contributed by atoms with Crippen LogP contribution in [0.15, 0.2) is 18.2 Å². The maximum atomic E-state index is 13.4. The number of nitrogens with zero attached hydrogens (tertiary/aromatic N) is 2. The first-order valence-corrected chi connectivity index (χ1v) is 14.1. The zero-order chi connectivity index (χ0) is 21.3. The lowest BCUT2D eigenvalue weighted by molar-refractivity contribution is 0.230. The fourth-order valence-corrected chi connectivity index (χ4v) is 5.76. The molecule has 0 bridgehead atoms. The van der Waals surface area contributed by atoms with Crippen LogP contribution >= 0.6 is 13.5 Å². The van der Waals surface area contributed by atoms with Crippen molar-refractivity contribution >= 4 is 38.5 Å². The molecule has 1 aromatic rings. The summed E-state index contributed by atoms with van der Waals surface area (Å²) in [5.74, 6) is 0. The Kier molecular flexibility index (Phi) is 8.78. The molecule has 164 valence electrons. The van der Waals surface area contributed by atoms with E-state index in [2.05, 4.69) is 49.1 Å². The lowest BCUT2D eigenvalue weighted by Crippen LogP contribution is -2.45. The summed E-state index contributed by atoms with van der Waals surface area (Å²) in [5, 5.41) is 0.158. The first kappa shape index (κ1) is 26.4. The minimum absolute atomic E-state index is 0. The maximum Gasteiger partial charge on any atom is 0.192 e. The molecule has 0 aliphatic heterocycles. The standard InChI is InChI=1S/C22H36N2O2SSi.H2S/c1-21(2,3)27(25)24(15-16-26-28(8,9)22(4,5)6)20-14-13-17-18(20)11-10-12-19(17)23-7;/h10-12,20H,13-16H2,1-6,8-9H3;1H2/t20-,27+;/m0./s1. The molecule has 0 amide bonds. The normalized spacial score (nSPS) is 18.1. The van der Waals surface area contributed by atoms with Crippen molar-refractivity contribution in [3.63, 3.8) is 0 Å². The molecule has 0 aromatic heterocycles. The summed E-state index contributed by atoms with van der Waals surface area (Å²) < 4.78 is 21.6. The summed E-state index contributed by atoms with van der Waals surface area (Å²) in [5.41, 5.74) is 3.03. The Bertz CT molecular complexity index is 776. The fourth-order valence-electron chi connectivity index (χ4n) is 3.33. The first-order valence-electron chi connectivity index (χ1n) is 10.1. The van der Waals surface area contributed by atoms with Crippen LogP contribution in [0, 0.1) is 6.57 Å². The third kappa shape index (κ3) is 5.95. The molecule has 2 rings (SSSR count). The summed E-state index contributed by atoms with van der Waals surface area (Å²) >= 11 is 0. The molecule has 29 heavy (non-hydrogen) atoms. The number of hydrogen-bond donors (Lipinski definition) is 0. The van der Waals surface area contributed by atoms with Crippen LogP contribution in [0.25, 0.3) is 4.85 Å². The average molecular weight is 455 g/mol. The van der Waals surface area contributed by atoms with Crippen LogP contribution in [0.5, 0.6) is 0 Å². The van der Waals surface area contributed by atoms with Gasteiger partial charge < -0.3 is 4.43 Å². The molecule has 0 radical (unpaired) electrons. The summed E-state index contributed by atoms with van der Waals surface area (Å²) in [6, 6.07) is 6.03. The molecule has 0 N–H and O–H groups in total. The van der Waals surface area contributed by atoms with E-state index in [1.54, 1.807) is 0 Å². The van der Waals surface area contributed by atoms with Gasteiger partial charge in [-0.05, 0) is 62.9 Å². The van der Waals surface area contributed by atoms with Gasteiger partial charge in [0, 0.05) is 19.2 Å². The zero-order valence-electron chi connectivity index (χ0n) is 19.3. The summed E-state index contributed by atoms with van der Waals surface area (Å²) in [6.07, 6.45) is 1.78. The van der Waals surface area contributed by atoms with E-state index in [0.29, 0.717) is 13.2 Å². The Morgan fingerprint density at radius 2 is 1.86 bits per heavy atom. The smallest absolute Gasteiger partial charge is 0.192 e. The van der Waals surface area contributed by atoms with Crippen LogP contribution in [0.2, 0.25) is 18.1 Å². The van der Waals surface area contributed by atoms with Crippen LogP contribution in [0.4, 0.5) is 5.69 Å². The van der Waals surface area contributed by atoms with Crippen molar-refractivity contribution in [2.24, 2.45) is 0 Å². The van der Waals surface area contributed by atoms with E-state index in [-0.39, 0.29) is 29.3 Å². The second-order valence-electron chi connectivity index (χ2n) is 10.1. The highest BCUT2D eigenvalue weighted by Crippen LogP contribution is 2.42. The van der Waals surface area contributed by atoms with E-state index in [4.69, 9.17) is 11.0 Å². The molecule has 1 aliphatic rings. The Labute approximate surface area is 188 Å². The third-order valence-corrected chi connectivity index (χ3v) is 12.4. The number of rotatable bonds is 6. The van der Waals surface area contributed by atoms with E-state index in [9.17, 15) is 4.21 Å². The lowest BCUT2D eigenvalue weighted by Gasteiger charge is -2.38. The third-order valence-electron chi connectivity index (χ3n) is 6.00. The van der Waals surface area contributed by atoms with Crippen molar-refractivity contribution in [2.45, 2.75) is 83.3 Å². The van der Waals surface area contributed by atoms with Gasteiger partial charge in [0.05, 0.1) is 11.3 Å². The van der Waals surface area contributed by atoms with Crippen molar-refractivity contribution in [2.75, 3.05) is 13.2 Å². The minimum Gasteiger partial charge on any atom is -0.415 e. The quantitative estimate of drug-likeness (QED) is 0.383. The van der Waals surface area contributed by atoms with Crippen molar-refractivity contribution < 1.29 is 8.63 Å². The van der Waals surface area contributed by atoms with Crippen LogP contribution < -0.4 is 0 Å². The van der Waals surface area contributed by atoms with Gasteiger partial charge in [-0.25, -0.2) is 13.4 Å². The Morgan fingerprint density at radius 3 is 2.38 bits per heavy atom. The van der Waals surface area contributed by atoms with Gasteiger partial charge in [-0.15, -0.1) is 0 Å². The fraction of sp³-hybridized carbons (Fsp3) is 0.682. The highest BCUT2D eigenvalue weighted by molar-refractivity contribution is 7.84. The van der Waals surface area contributed by atoms with Crippen molar-refractivity contribution in [3.05, 3.63) is 40.7 Å². The molecule has 0 spiro atoms. The van der Waals surface area contributed by atoms with Crippen molar-refractivity contribution in [1.29, 1.82) is 0 Å².